The van der Waals surface area contributed by atoms with E-state index in [0.717, 1.165) is 16.9 Å². The third kappa shape index (κ3) is 1.94. The summed E-state index contributed by atoms with van der Waals surface area (Å²) in [5.74, 6) is 0.995. The summed E-state index contributed by atoms with van der Waals surface area (Å²) in [6.45, 7) is 7.64. The van der Waals surface area contributed by atoms with E-state index in [2.05, 4.69) is 25.3 Å². The highest BCUT2D eigenvalue weighted by Gasteiger charge is 2.43. The average Bonchev–Trinajstić information content (AvgIpc) is 2.91. The van der Waals surface area contributed by atoms with Gasteiger partial charge in [-0.2, -0.15) is 0 Å². The van der Waals surface area contributed by atoms with Crippen LogP contribution in [0.3, 0.4) is 0 Å². The van der Waals surface area contributed by atoms with Crippen molar-refractivity contribution in [1.29, 1.82) is 0 Å². The Bertz CT molecular complexity index is 652. The summed E-state index contributed by atoms with van der Waals surface area (Å²) in [5.41, 5.74) is 8.02. The van der Waals surface area contributed by atoms with Crippen LogP contribution in [0, 0.1) is 0 Å². The molecule has 0 radical (unpaired) electrons. The van der Waals surface area contributed by atoms with Gasteiger partial charge < -0.3 is 15.0 Å². The molecular formula is C15H20ClN3O. The van der Waals surface area contributed by atoms with Gasteiger partial charge in [0.1, 0.15) is 5.82 Å². The van der Waals surface area contributed by atoms with Crippen LogP contribution in [0.1, 0.15) is 32.6 Å². The van der Waals surface area contributed by atoms with Gasteiger partial charge in [0.15, 0.2) is 0 Å². The van der Waals surface area contributed by atoms with Crippen LogP contribution in [-0.4, -0.2) is 28.8 Å². The minimum Gasteiger partial charge on any atom is -0.379 e. The van der Waals surface area contributed by atoms with Crippen LogP contribution in [-0.2, 0) is 10.2 Å². The molecule has 0 aliphatic carbocycles. The molecule has 0 amide bonds. The maximum atomic E-state index is 6.26. The lowest BCUT2D eigenvalue weighted by atomic mass is 9.84. The summed E-state index contributed by atoms with van der Waals surface area (Å²) in [6.07, 6.45) is 0. The minimum atomic E-state index is -0.254. The smallest absolute Gasteiger partial charge is 0.120 e. The van der Waals surface area contributed by atoms with Crippen LogP contribution in [0.15, 0.2) is 18.2 Å². The number of benzene rings is 1. The molecule has 5 heteroatoms. The molecule has 1 saturated heterocycles. The van der Waals surface area contributed by atoms with E-state index in [0.29, 0.717) is 24.3 Å². The first-order chi connectivity index (χ1) is 9.43. The maximum Gasteiger partial charge on any atom is 0.120 e. The zero-order valence-electron chi connectivity index (χ0n) is 12.1. The highest BCUT2D eigenvalue weighted by molar-refractivity contribution is 6.31. The van der Waals surface area contributed by atoms with Gasteiger partial charge >= 0.3 is 0 Å². The van der Waals surface area contributed by atoms with E-state index in [9.17, 15) is 0 Å². The first kappa shape index (κ1) is 13.9. The topological polar surface area (TPSA) is 53.1 Å². The van der Waals surface area contributed by atoms with Crippen LogP contribution in [0.2, 0.25) is 5.02 Å². The molecule has 1 aromatic heterocycles. The molecule has 0 bridgehead atoms. The van der Waals surface area contributed by atoms with Gasteiger partial charge in [-0.05, 0) is 39.0 Å². The Labute approximate surface area is 123 Å². The van der Waals surface area contributed by atoms with Crippen LogP contribution >= 0.6 is 11.6 Å². The Kier molecular flexibility index (Phi) is 3.27. The molecule has 0 spiro atoms. The van der Waals surface area contributed by atoms with Crippen LogP contribution < -0.4 is 5.73 Å². The number of ether oxygens (including phenoxy) is 1. The van der Waals surface area contributed by atoms with Gasteiger partial charge in [0, 0.05) is 17.1 Å². The normalized spacial score (nSPS) is 26.8. The summed E-state index contributed by atoms with van der Waals surface area (Å²) in [4.78, 5) is 4.82. The van der Waals surface area contributed by atoms with Crippen molar-refractivity contribution in [3.05, 3.63) is 29.0 Å². The van der Waals surface area contributed by atoms with Crippen LogP contribution in [0.5, 0.6) is 0 Å². The molecule has 1 aliphatic rings. The van der Waals surface area contributed by atoms with E-state index in [-0.39, 0.29) is 11.5 Å². The zero-order chi connectivity index (χ0) is 14.5. The number of aromatic nitrogens is 2. The monoisotopic (exact) mass is 293 g/mol. The van der Waals surface area contributed by atoms with E-state index >= 15 is 0 Å². The second-order valence-corrected chi connectivity index (χ2v) is 6.51. The lowest BCUT2D eigenvalue weighted by Gasteiger charge is -2.28. The van der Waals surface area contributed by atoms with Gasteiger partial charge in [0.05, 0.1) is 29.7 Å². The fraction of sp³-hybridized carbons (Fsp3) is 0.533. The fourth-order valence-electron chi connectivity index (χ4n) is 2.92. The summed E-state index contributed by atoms with van der Waals surface area (Å²) in [6, 6.07) is 6.11. The van der Waals surface area contributed by atoms with Crippen molar-refractivity contribution in [3.8, 4) is 0 Å². The summed E-state index contributed by atoms with van der Waals surface area (Å²) < 4.78 is 7.83. The number of hydrogen-bond donors (Lipinski definition) is 1. The molecule has 2 atom stereocenters. The number of halogens is 1. The largest absolute Gasteiger partial charge is 0.379 e. The molecule has 1 fully saturated rings. The highest BCUT2D eigenvalue weighted by atomic mass is 35.5. The molecule has 4 nitrogen and oxygen atoms in total. The molecule has 1 aliphatic heterocycles. The molecule has 2 N–H and O–H groups in total. The lowest BCUT2D eigenvalue weighted by molar-refractivity contribution is 0.177. The second-order valence-electron chi connectivity index (χ2n) is 6.07. The standard InChI is InChI=1S/C15H20ClN3O/c1-9(2)19-12-5-4-10(16)6-11(12)18-14(19)15(3)8-20-7-13(15)17/h4-6,9,13H,7-8,17H2,1-3H3. The van der Waals surface area contributed by atoms with E-state index in [1.54, 1.807) is 0 Å². The van der Waals surface area contributed by atoms with Gasteiger partial charge in [0.25, 0.3) is 0 Å². The SMILES string of the molecule is CC(C)n1c(C2(C)COCC2N)nc2cc(Cl)ccc21. The molecular weight excluding hydrogens is 274 g/mol. The van der Waals surface area contributed by atoms with Crippen molar-refractivity contribution < 1.29 is 4.74 Å². The van der Waals surface area contributed by atoms with E-state index in [1.807, 2.05) is 18.2 Å². The van der Waals surface area contributed by atoms with Crippen LogP contribution in [0.25, 0.3) is 11.0 Å². The first-order valence-electron chi connectivity index (χ1n) is 6.95. The minimum absolute atomic E-state index is 0.0349. The zero-order valence-corrected chi connectivity index (χ0v) is 12.8. The van der Waals surface area contributed by atoms with Crippen LogP contribution in [0.4, 0.5) is 0 Å². The summed E-state index contributed by atoms with van der Waals surface area (Å²) >= 11 is 6.08. The molecule has 2 aromatic rings. The number of nitrogens with zero attached hydrogens (tertiary/aromatic N) is 2. The molecule has 2 unspecified atom stereocenters. The maximum absolute atomic E-state index is 6.26. The van der Waals surface area contributed by atoms with Crippen molar-refractivity contribution in [3.63, 3.8) is 0 Å². The number of hydrogen-bond acceptors (Lipinski definition) is 3. The van der Waals surface area contributed by atoms with Crippen molar-refractivity contribution >= 4 is 22.6 Å². The Morgan fingerprint density at radius 3 is 2.85 bits per heavy atom. The molecule has 20 heavy (non-hydrogen) atoms. The van der Waals surface area contributed by atoms with E-state index in [4.69, 9.17) is 27.1 Å². The molecule has 3 rings (SSSR count). The predicted molar refractivity (Wildman–Crippen MR) is 81.3 cm³/mol. The van der Waals surface area contributed by atoms with Gasteiger partial charge in [-0.3, -0.25) is 0 Å². The molecule has 0 saturated carbocycles. The van der Waals surface area contributed by atoms with Crippen molar-refractivity contribution in [2.75, 3.05) is 13.2 Å². The van der Waals surface area contributed by atoms with Gasteiger partial charge in [-0.1, -0.05) is 11.6 Å². The number of fused-ring (bicyclic) bond motifs is 1. The third-order valence-corrected chi connectivity index (χ3v) is 4.43. The lowest BCUT2D eigenvalue weighted by Crippen LogP contribution is -2.44. The van der Waals surface area contributed by atoms with Crippen molar-refractivity contribution in [2.45, 2.75) is 38.3 Å². The molecule has 2 heterocycles. The Hall–Kier alpha value is -1.10. The quantitative estimate of drug-likeness (QED) is 0.926. The predicted octanol–water partition coefficient (Wildman–Crippen LogP) is 2.89. The highest BCUT2D eigenvalue weighted by Crippen LogP contribution is 2.35. The van der Waals surface area contributed by atoms with Gasteiger partial charge in [-0.15, -0.1) is 0 Å². The Morgan fingerprint density at radius 1 is 1.50 bits per heavy atom. The summed E-state index contributed by atoms with van der Waals surface area (Å²) in [7, 11) is 0. The third-order valence-electron chi connectivity index (χ3n) is 4.20. The molecule has 108 valence electrons. The van der Waals surface area contributed by atoms with Gasteiger partial charge in [-0.25, -0.2) is 4.98 Å². The van der Waals surface area contributed by atoms with Crippen molar-refractivity contribution in [2.24, 2.45) is 5.73 Å². The Morgan fingerprint density at radius 2 is 2.25 bits per heavy atom. The summed E-state index contributed by atoms with van der Waals surface area (Å²) in [5, 5.41) is 0.703. The van der Waals surface area contributed by atoms with Crippen molar-refractivity contribution in [1.82, 2.24) is 9.55 Å². The van der Waals surface area contributed by atoms with Gasteiger partial charge in [0.2, 0.25) is 0 Å². The first-order valence-corrected chi connectivity index (χ1v) is 7.32. The van der Waals surface area contributed by atoms with E-state index < -0.39 is 0 Å². The van der Waals surface area contributed by atoms with E-state index in [1.165, 1.54) is 0 Å². The number of rotatable bonds is 2. The average molecular weight is 294 g/mol. The number of imidazole rings is 1. The fourth-order valence-corrected chi connectivity index (χ4v) is 3.08. The number of nitrogens with two attached hydrogens (primary N) is 1. The molecule has 1 aromatic carbocycles. The second kappa shape index (κ2) is 4.72. The Balaban J connectivity index is 2.27.